The van der Waals surface area contributed by atoms with E-state index in [0.717, 1.165) is 12.1 Å². The molecule has 0 aliphatic rings. The lowest BCUT2D eigenvalue weighted by Crippen LogP contribution is -2.26. The molecule has 0 heterocycles. The summed E-state index contributed by atoms with van der Waals surface area (Å²) < 4.78 is 26.1. The van der Waals surface area contributed by atoms with E-state index in [4.69, 9.17) is 5.90 Å². The second-order valence-corrected chi connectivity index (χ2v) is 4.23. The van der Waals surface area contributed by atoms with Gasteiger partial charge in [0.2, 0.25) is 0 Å². The third-order valence-corrected chi connectivity index (χ3v) is 2.61. The van der Waals surface area contributed by atoms with Crippen molar-refractivity contribution in [3.05, 3.63) is 33.8 Å². The maximum absolute atomic E-state index is 12.9. The van der Waals surface area contributed by atoms with E-state index in [2.05, 4.69) is 20.8 Å². The maximum atomic E-state index is 12.9. The quantitative estimate of drug-likeness (QED) is 0.659. The fourth-order valence-electron chi connectivity index (χ4n) is 1.05. The molecular weight excluding hydrogens is 256 g/mol. The van der Waals surface area contributed by atoms with E-state index in [0.29, 0.717) is 10.0 Å². The lowest BCUT2D eigenvalue weighted by atomic mass is 9.98. The Morgan fingerprint density at radius 2 is 1.79 bits per heavy atom. The maximum Gasteiger partial charge on any atom is 0.159 e. The number of rotatable bonds is 2. The van der Waals surface area contributed by atoms with Crippen molar-refractivity contribution in [1.82, 2.24) is 0 Å². The topological polar surface area (TPSA) is 35.2 Å². The van der Waals surface area contributed by atoms with E-state index in [-0.39, 0.29) is 0 Å². The molecule has 0 saturated carbocycles. The molecule has 0 radical (unpaired) electrons. The van der Waals surface area contributed by atoms with Crippen LogP contribution in [0.5, 0.6) is 0 Å². The van der Waals surface area contributed by atoms with Gasteiger partial charge in [-0.25, -0.2) is 14.7 Å². The van der Waals surface area contributed by atoms with Gasteiger partial charge in [0, 0.05) is 10.0 Å². The van der Waals surface area contributed by atoms with Crippen LogP contribution >= 0.6 is 15.9 Å². The highest BCUT2D eigenvalue weighted by atomic mass is 79.9. The molecule has 0 unspecified atom stereocenters. The predicted octanol–water partition coefficient (Wildman–Crippen LogP) is 2.85. The van der Waals surface area contributed by atoms with Crippen LogP contribution in [0, 0.1) is 11.6 Å². The Labute approximate surface area is 89.1 Å². The van der Waals surface area contributed by atoms with Gasteiger partial charge in [0.05, 0.1) is 0 Å². The molecule has 0 aliphatic heterocycles. The first-order chi connectivity index (χ1) is 6.38. The smallest absolute Gasteiger partial charge is 0.159 e. The minimum Gasteiger partial charge on any atom is -0.294 e. The van der Waals surface area contributed by atoms with E-state index < -0.39 is 17.2 Å². The van der Waals surface area contributed by atoms with E-state index >= 15 is 0 Å². The van der Waals surface area contributed by atoms with Crippen LogP contribution in [0.1, 0.15) is 19.4 Å². The van der Waals surface area contributed by atoms with Crippen molar-refractivity contribution in [1.29, 1.82) is 0 Å². The van der Waals surface area contributed by atoms with Crippen molar-refractivity contribution in [3.8, 4) is 0 Å². The minimum absolute atomic E-state index is 0.423. The predicted molar refractivity (Wildman–Crippen MR) is 52.4 cm³/mol. The van der Waals surface area contributed by atoms with Gasteiger partial charge in [-0.2, -0.15) is 0 Å². The second-order valence-electron chi connectivity index (χ2n) is 3.37. The minimum atomic E-state index is -0.923. The Kier molecular flexibility index (Phi) is 3.24. The lowest BCUT2D eigenvalue weighted by molar-refractivity contribution is -0.0244. The van der Waals surface area contributed by atoms with Crippen LogP contribution in [0.25, 0.3) is 0 Å². The Hall–Kier alpha value is -0.520. The molecule has 2 N–H and O–H groups in total. The number of hydrogen-bond donors (Lipinski definition) is 1. The summed E-state index contributed by atoms with van der Waals surface area (Å²) in [6.45, 7) is 3.31. The molecular formula is C9H10BrF2NO. The first-order valence-electron chi connectivity index (χ1n) is 3.91. The number of hydrogen-bond acceptors (Lipinski definition) is 2. The average Bonchev–Trinajstić information content (AvgIpc) is 2.11. The molecule has 1 rings (SSSR count). The van der Waals surface area contributed by atoms with Crippen LogP contribution in [-0.4, -0.2) is 0 Å². The summed E-state index contributed by atoms with van der Waals surface area (Å²) in [5.74, 6) is 3.23. The summed E-state index contributed by atoms with van der Waals surface area (Å²) in [4.78, 5) is 4.68. The van der Waals surface area contributed by atoms with Gasteiger partial charge >= 0.3 is 0 Å². The van der Waals surface area contributed by atoms with Crippen LogP contribution in [0.4, 0.5) is 8.78 Å². The SMILES string of the molecule is CC(C)(ON)c1cc(F)c(F)cc1Br. The summed E-state index contributed by atoms with van der Waals surface area (Å²) in [5, 5.41) is 0. The van der Waals surface area contributed by atoms with Crippen molar-refractivity contribution < 1.29 is 13.6 Å². The molecule has 2 nitrogen and oxygen atoms in total. The van der Waals surface area contributed by atoms with Crippen molar-refractivity contribution in [2.75, 3.05) is 0 Å². The summed E-state index contributed by atoms with van der Waals surface area (Å²) in [7, 11) is 0. The Balaban J connectivity index is 3.29. The van der Waals surface area contributed by atoms with E-state index in [1.54, 1.807) is 13.8 Å². The van der Waals surface area contributed by atoms with Gasteiger partial charge in [0.25, 0.3) is 0 Å². The summed E-state index contributed by atoms with van der Waals surface area (Å²) in [6.07, 6.45) is 0. The third kappa shape index (κ3) is 2.10. The largest absolute Gasteiger partial charge is 0.294 e. The molecule has 0 aromatic heterocycles. The molecule has 1 aromatic rings. The van der Waals surface area contributed by atoms with E-state index in [1.165, 1.54) is 0 Å². The standard InChI is InChI=1S/C9H10BrF2NO/c1-9(2,14-13)5-3-7(11)8(12)4-6(5)10/h3-4H,13H2,1-2H3. The molecule has 0 atom stereocenters. The van der Waals surface area contributed by atoms with Crippen molar-refractivity contribution >= 4 is 15.9 Å². The highest BCUT2D eigenvalue weighted by molar-refractivity contribution is 9.10. The van der Waals surface area contributed by atoms with Gasteiger partial charge in [0.1, 0.15) is 5.60 Å². The van der Waals surface area contributed by atoms with E-state index in [1.807, 2.05) is 0 Å². The molecule has 0 spiro atoms. The van der Waals surface area contributed by atoms with Crippen LogP contribution in [0.2, 0.25) is 0 Å². The first kappa shape index (κ1) is 11.6. The zero-order valence-corrected chi connectivity index (χ0v) is 9.36. The fraction of sp³-hybridized carbons (Fsp3) is 0.333. The number of halogens is 3. The molecule has 5 heteroatoms. The van der Waals surface area contributed by atoms with E-state index in [9.17, 15) is 8.78 Å². The highest BCUT2D eigenvalue weighted by Crippen LogP contribution is 2.31. The van der Waals surface area contributed by atoms with Gasteiger partial charge in [-0.15, -0.1) is 0 Å². The molecule has 0 bridgehead atoms. The summed E-state index contributed by atoms with van der Waals surface area (Å²) >= 11 is 3.12. The van der Waals surface area contributed by atoms with Crippen LogP contribution in [0.3, 0.4) is 0 Å². The van der Waals surface area contributed by atoms with Crippen molar-refractivity contribution in [2.45, 2.75) is 19.4 Å². The lowest BCUT2D eigenvalue weighted by Gasteiger charge is -2.23. The number of benzene rings is 1. The second kappa shape index (κ2) is 3.92. The van der Waals surface area contributed by atoms with Crippen molar-refractivity contribution in [3.63, 3.8) is 0 Å². The van der Waals surface area contributed by atoms with Gasteiger partial charge in [0.15, 0.2) is 11.6 Å². The molecule has 0 amide bonds. The Bertz CT molecular complexity index is 355. The zero-order chi connectivity index (χ0) is 10.9. The van der Waals surface area contributed by atoms with Gasteiger partial charge in [-0.3, -0.25) is 4.84 Å². The average molecular weight is 266 g/mol. The van der Waals surface area contributed by atoms with Crippen LogP contribution < -0.4 is 5.90 Å². The normalized spacial score (nSPS) is 11.9. The van der Waals surface area contributed by atoms with Gasteiger partial charge in [-0.05, 0) is 26.0 Å². The zero-order valence-electron chi connectivity index (χ0n) is 7.77. The molecule has 0 saturated heterocycles. The molecule has 14 heavy (non-hydrogen) atoms. The molecule has 78 valence electrons. The highest BCUT2D eigenvalue weighted by Gasteiger charge is 2.25. The van der Waals surface area contributed by atoms with Gasteiger partial charge < -0.3 is 0 Å². The first-order valence-corrected chi connectivity index (χ1v) is 4.70. The summed E-state index contributed by atoms with van der Waals surface area (Å²) in [6, 6.07) is 2.11. The van der Waals surface area contributed by atoms with Gasteiger partial charge in [-0.1, -0.05) is 15.9 Å². The fourth-order valence-corrected chi connectivity index (χ4v) is 1.84. The van der Waals surface area contributed by atoms with Crippen LogP contribution in [-0.2, 0) is 10.4 Å². The molecule has 1 aromatic carbocycles. The molecule has 0 aliphatic carbocycles. The third-order valence-electron chi connectivity index (χ3n) is 1.95. The monoisotopic (exact) mass is 265 g/mol. The Morgan fingerprint density at radius 1 is 1.29 bits per heavy atom. The number of nitrogens with two attached hydrogens (primary N) is 1. The summed E-state index contributed by atoms with van der Waals surface area (Å²) in [5.41, 5.74) is -0.410. The van der Waals surface area contributed by atoms with Crippen molar-refractivity contribution in [2.24, 2.45) is 5.90 Å². The Morgan fingerprint density at radius 3 is 2.29 bits per heavy atom. The van der Waals surface area contributed by atoms with Crippen LogP contribution in [0.15, 0.2) is 16.6 Å². The molecule has 0 fully saturated rings.